The van der Waals surface area contributed by atoms with Crippen molar-refractivity contribution < 1.29 is 0 Å². The Morgan fingerprint density at radius 1 is 1.23 bits per heavy atom. The molecule has 26 heavy (non-hydrogen) atoms. The molecule has 1 heterocycles. The van der Waals surface area contributed by atoms with Crippen LogP contribution in [0, 0.1) is 0 Å². The van der Waals surface area contributed by atoms with Crippen LogP contribution in [-0.4, -0.2) is 30.1 Å². The lowest BCUT2D eigenvalue weighted by atomic mass is 10.0. The van der Waals surface area contributed by atoms with Crippen LogP contribution in [0.1, 0.15) is 49.2 Å². The van der Waals surface area contributed by atoms with Gasteiger partial charge in [0, 0.05) is 36.2 Å². The maximum Gasteiger partial charge on any atom is 0.191 e. The maximum absolute atomic E-state index is 4.44. The molecule has 0 bridgehead atoms. The first-order valence-electron chi connectivity index (χ1n) is 9.14. The smallest absolute Gasteiger partial charge is 0.191 e. The minimum Gasteiger partial charge on any atom is -0.355 e. The molecule has 142 valence electrons. The molecule has 1 aromatic heterocycles. The summed E-state index contributed by atoms with van der Waals surface area (Å²) in [4.78, 5) is 10.1. The van der Waals surface area contributed by atoms with Crippen LogP contribution in [0.3, 0.4) is 0 Å². The predicted octanol–water partition coefficient (Wildman–Crippen LogP) is 3.50. The van der Waals surface area contributed by atoms with E-state index < -0.39 is 0 Å². The van der Waals surface area contributed by atoms with Crippen molar-refractivity contribution in [1.82, 2.24) is 20.9 Å². The van der Waals surface area contributed by atoms with Crippen LogP contribution in [0.2, 0.25) is 0 Å². The quantitative estimate of drug-likeness (QED) is 0.490. The molecule has 0 saturated heterocycles. The first-order chi connectivity index (χ1) is 12.4. The van der Waals surface area contributed by atoms with Crippen LogP contribution >= 0.6 is 11.3 Å². The van der Waals surface area contributed by atoms with E-state index in [1.54, 1.807) is 18.4 Å². The Labute approximate surface area is 161 Å². The second kappa shape index (κ2) is 9.69. The van der Waals surface area contributed by atoms with Gasteiger partial charge in [-0.1, -0.05) is 37.3 Å². The molecule has 0 aliphatic carbocycles. The van der Waals surface area contributed by atoms with Crippen LogP contribution < -0.4 is 16.0 Å². The summed E-state index contributed by atoms with van der Waals surface area (Å²) in [5, 5.41) is 11.5. The zero-order valence-corrected chi connectivity index (χ0v) is 17.3. The number of thiazole rings is 1. The second-order valence-electron chi connectivity index (χ2n) is 7.01. The fraction of sp³-hybridized carbons (Fsp3) is 0.500. The number of nitrogens with one attached hydrogen (secondary N) is 3. The molecule has 6 heteroatoms. The molecule has 0 radical (unpaired) electrons. The largest absolute Gasteiger partial charge is 0.355 e. The Bertz CT molecular complexity index is 693. The fourth-order valence-corrected chi connectivity index (χ4v) is 3.54. The number of benzene rings is 1. The van der Waals surface area contributed by atoms with Crippen molar-refractivity contribution in [3.8, 4) is 0 Å². The van der Waals surface area contributed by atoms with Crippen LogP contribution in [0.25, 0.3) is 0 Å². The summed E-state index contributed by atoms with van der Waals surface area (Å²) in [5.41, 5.74) is 1.21. The lowest BCUT2D eigenvalue weighted by molar-refractivity contribution is 0.345. The van der Waals surface area contributed by atoms with Crippen molar-refractivity contribution in [1.29, 1.82) is 0 Å². The summed E-state index contributed by atoms with van der Waals surface area (Å²) >= 11 is 1.75. The van der Waals surface area contributed by atoms with Gasteiger partial charge in [0.1, 0.15) is 5.01 Å². The lowest BCUT2D eigenvalue weighted by Gasteiger charge is -2.31. The Hall–Kier alpha value is -1.92. The van der Waals surface area contributed by atoms with E-state index in [9.17, 15) is 0 Å². The summed E-state index contributed by atoms with van der Waals surface area (Å²) in [6.07, 6.45) is 2.99. The van der Waals surface area contributed by atoms with Gasteiger partial charge in [0.15, 0.2) is 5.96 Å². The van der Waals surface area contributed by atoms with Gasteiger partial charge in [-0.25, -0.2) is 4.98 Å². The van der Waals surface area contributed by atoms with Gasteiger partial charge < -0.3 is 16.0 Å². The minimum absolute atomic E-state index is 0.0799. The highest BCUT2D eigenvalue weighted by atomic mass is 32.1. The first kappa shape index (κ1) is 20.4. The van der Waals surface area contributed by atoms with Crippen LogP contribution in [-0.2, 0) is 13.0 Å². The van der Waals surface area contributed by atoms with Gasteiger partial charge in [0.2, 0.25) is 0 Å². The SMILES string of the molecule is CCc1cnc(CNC(=NC)NCC(C)(C)NC(C)c2ccccc2)s1. The van der Waals surface area contributed by atoms with Gasteiger partial charge in [0.25, 0.3) is 0 Å². The molecule has 0 aliphatic heterocycles. The van der Waals surface area contributed by atoms with Crippen LogP contribution in [0.15, 0.2) is 41.5 Å². The molecule has 0 spiro atoms. The summed E-state index contributed by atoms with van der Waals surface area (Å²) in [6.45, 7) is 10.2. The lowest BCUT2D eigenvalue weighted by Crippen LogP contribution is -2.52. The van der Waals surface area contributed by atoms with Gasteiger partial charge >= 0.3 is 0 Å². The van der Waals surface area contributed by atoms with Crippen molar-refractivity contribution in [2.75, 3.05) is 13.6 Å². The summed E-state index contributed by atoms with van der Waals surface area (Å²) < 4.78 is 0. The number of aliphatic imine (C=N–C) groups is 1. The Morgan fingerprint density at radius 2 is 1.96 bits per heavy atom. The molecule has 1 unspecified atom stereocenters. The normalized spacial score (nSPS) is 13.5. The first-order valence-corrected chi connectivity index (χ1v) is 9.96. The van der Waals surface area contributed by atoms with E-state index in [-0.39, 0.29) is 11.6 Å². The van der Waals surface area contributed by atoms with E-state index in [0.29, 0.717) is 6.54 Å². The monoisotopic (exact) mass is 373 g/mol. The maximum atomic E-state index is 4.44. The van der Waals surface area contributed by atoms with Crippen molar-refractivity contribution in [2.24, 2.45) is 4.99 Å². The molecule has 0 fully saturated rings. The topological polar surface area (TPSA) is 61.3 Å². The molecule has 1 aromatic carbocycles. The van der Waals surface area contributed by atoms with Gasteiger partial charge in [-0.2, -0.15) is 0 Å². The highest BCUT2D eigenvalue weighted by Gasteiger charge is 2.21. The van der Waals surface area contributed by atoms with Gasteiger partial charge in [-0.3, -0.25) is 4.99 Å². The minimum atomic E-state index is -0.0799. The number of rotatable bonds is 8. The zero-order chi connectivity index (χ0) is 19.0. The average molecular weight is 374 g/mol. The number of hydrogen-bond donors (Lipinski definition) is 3. The number of aromatic nitrogens is 1. The molecular formula is C20H31N5S. The van der Waals surface area contributed by atoms with E-state index >= 15 is 0 Å². The molecule has 0 amide bonds. The molecule has 3 N–H and O–H groups in total. The highest BCUT2D eigenvalue weighted by molar-refractivity contribution is 7.11. The molecule has 1 atom stereocenters. The third-order valence-electron chi connectivity index (χ3n) is 4.19. The van der Waals surface area contributed by atoms with Gasteiger partial charge in [-0.05, 0) is 32.8 Å². The Morgan fingerprint density at radius 3 is 2.58 bits per heavy atom. The van der Waals surface area contributed by atoms with Crippen molar-refractivity contribution >= 4 is 17.3 Å². The third-order valence-corrected chi connectivity index (χ3v) is 5.33. The van der Waals surface area contributed by atoms with E-state index in [1.165, 1.54) is 10.4 Å². The number of aryl methyl sites for hydroxylation is 1. The van der Waals surface area contributed by atoms with Crippen molar-refractivity contribution in [3.63, 3.8) is 0 Å². The molecule has 5 nitrogen and oxygen atoms in total. The van der Waals surface area contributed by atoms with E-state index in [1.807, 2.05) is 12.3 Å². The molecule has 0 saturated carbocycles. The average Bonchev–Trinajstić information content (AvgIpc) is 3.10. The number of guanidine groups is 1. The molecule has 2 rings (SSSR count). The third kappa shape index (κ3) is 6.42. The fourth-order valence-electron chi connectivity index (χ4n) is 2.74. The summed E-state index contributed by atoms with van der Waals surface area (Å²) in [7, 11) is 1.79. The molecular weight excluding hydrogens is 342 g/mol. The molecule has 0 aliphatic rings. The van der Waals surface area contributed by atoms with Gasteiger partial charge in [0.05, 0.1) is 6.54 Å². The Kier molecular flexibility index (Phi) is 7.60. The zero-order valence-electron chi connectivity index (χ0n) is 16.5. The van der Waals surface area contributed by atoms with E-state index in [2.05, 4.69) is 77.9 Å². The summed E-state index contributed by atoms with van der Waals surface area (Å²) in [6, 6.07) is 10.8. The van der Waals surface area contributed by atoms with Crippen molar-refractivity contribution in [2.45, 2.75) is 52.2 Å². The van der Waals surface area contributed by atoms with E-state index in [0.717, 1.165) is 23.9 Å². The van der Waals surface area contributed by atoms with Crippen LogP contribution in [0.5, 0.6) is 0 Å². The predicted molar refractivity (Wildman–Crippen MR) is 112 cm³/mol. The second-order valence-corrected chi connectivity index (χ2v) is 8.21. The summed E-state index contributed by atoms with van der Waals surface area (Å²) in [5.74, 6) is 0.792. The standard InChI is InChI=1S/C20H31N5S/c1-6-17-12-22-18(26-17)13-23-19(21-5)24-14-20(3,4)25-15(2)16-10-8-7-9-11-16/h7-12,15,25H,6,13-14H2,1-5H3,(H2,21,23,24). The van der Waals surface area contributed by atoms with Crippen molar-refractivity contribution in [3.05, 3.63) is 52.0 Å². The Balaban J connectivity index is 1.82. The van der Waals surface area contributed by atoms with Gasteiger partial charge in [-0.15, -0.1) is 11.3 Å². The van der Waals surface area contributed by atoms with E-state index in [4.69, 9.17) is 0 Å². The molecule has 2 aromatic rings. The van der Waals surface area contributed by atoms with Crippen LogP contribution in [0.4, 0.5) is 0 Å². The number of hydrogen-bond acceptors (Lipinski definition) is 4. The highest BCUT2D eigenvalue weighted by Crippen LogP contribution is 2.16. The number of nitrogens with zero attached hydrogens (tertiary/aromatic N) is 2.